The van der Waals surface area contributed by atoms with E-state index in [4.69, 9.17) is 10.5 Å². The third kappa shape index (κ3) is 4.01. The average molecular weight is 345 g/mol. The number of halogens is 2. The normalized spacial score (nSPS) is 22.2. The molecule has 0 aliphatic carbocycles. The SMILES string of the molecule is CC(C)N1CCOC(C(N)Cc2cc(Br)ccc2F)C1. The van der Waals surface area contributed by atoms with E-state index in [1.165, 1.54) is 6.07 Å². The number of benzene rings is 1. The number of hydrogen-bond acceptors (Lipinski definition) is 3. The average Bonchev–Trinajstić information content (AvgIpc) is 2.43. The molecule has 2 atom stereocenters. The summed E-state index contributed by atoms with van der Waals surface area (Å²) in [6.07, 6.45) is 0.451. The number of morpholine rings is 1. The van der Waals surface area contributed by atoms with Gasteiger partial charge in [-0.15, -0.1) is 0 Å². The van der Waals surface area contributed by atoms with E-state index in [1.54, 1.807) is 12.1 Å². The van der Waals surface area contributed by atoms with Gasteiger partial charge in [0.15, 0.2) is 0 Å². The van der Waals surface area contributed by atoms with Gasteiger partial charge in [-0.2, -0.15) is 0 Å². The van der Waals surface area contributed by atoms with Crippen molar-refractivity contribution in [3.05, 3.63) is 34.1 Å². The summed E-state index contributed by atoms with van der Waals surface area (Å²) in [5.74, 6) is -0.208. The molecule has 0 amide bonds. The zero-order chi connectivity index (χ0) is 14.7. The Kier molecular flexibility index (Phi) is 5.55. The van der Waals surface area contributed by atoms with Crippen LogP contribution in [0.15, 0.2) is 22.7 Å². The van der Waals surface area contributed by atoms with Gasteiger partial charge in [0.25, 0.3) is 0 Å². The van der Waals surface area contributed by atoms with E-state index < -0.39 is 0 Å². The fourth-order valence-electron chi connectivity index (χ4n) is 2.51. The summed E-state index contributed by atoms with van der Waals surface area (Å²) < 4.78 is 20.4. The van der Waals surface area contributed by atoms with Crippen LogP contribution in [0.3, 0.4) is 0 Å². The van der Waals surface area contributed by atoms with Crippen LogP contribution in [0.1, 0.15) is 19.4 Å². The fraction of sp³-hybridized carbons (Fsp3) is 0.600. The summed E-state index contributed by atoms with van der Waals surface area (Å²) >= 11 is 3.36. The highest BCUT2D eigenvalue weighted by Crippen LogP contribution is 2.19. The van der Waals surface area contributed by atoms with Crippen LogP contribution in [0.5, 0.6) is 0 Å². The molecule has 2 rings (SSSR count). The van der Waals surface area contributed by atoms with Gasteiger partial charge in [-0.05, 0) is 44.0 Å². The first kappa shape index (κ1) is 15.9. The molecular weight excluding hydrogens is 323 g/mol. The van der Waals surface area contributed by atoms with Gasteiger partial charge in [0.1, 0.15) is 5.82 Å². The van der Waals surface area contributed by atoms with Gasteiger partial charge in [-0.25, -0.2) is 4.39 Å². The van der Waals surface area contributed by atoms with Crippen LogP contribution in [0, 0.1) is 5.82 Å². The lowest BCUT2D eigenvalue weighted by molar-refractivity contribution is -0.0496. The first-order valence-electron chi connectivity index (χ1n) is 7.02. The fourth-order valence-corrected chi connectivity index (χ4v) is 2.92. The number of hydrogen-bond donors (Lipinski definition) is 1. The van der Waals surface area contributed by atoms with E-state index >= 15 is 0 Å². The van der Waals surface area contributed by atoms with Crippen LogP contribution in [-0.4, -0.2) is 42.8 Å². The van der Waals surface area contributed by atoms with E-state index in [2.05, 4.69) is 34.7 Å². The van der Waals surface area contributed by atoms with Gasteiger partial charge in [0.2, 0.25) is 0 Å². The number of ether oxygens (including phenoxy) is 1. The molecule has 1 heterocycles. The maximum absolute atomic E-state index is 13.8. The van der Waals surface area contributed by atoms with Crippen molar-refractivity contribution in [1.29, 1.82) is 0 Å². The van der Waals surface area contributed by atoms with Crippen LogP contribution in [-0.2, 0) is 11.2 Å². The topological polar surface area (TPSA) is 38.5 Å². The van der Waals surface area contributed by atoms with Crippen molar-refractivity contribution in [2.75, 3.05) is 19.7 Å². The molecule has 112 valence electrons. The van der Waals surface area contributed by atoms with E-state index in [1.807, 2.05) is 0 Å². The van der Waals surface area contributed by atoms with Crippen molar-refractivity contribution in [1.82, 2.24) is 4.90 Å². The van der Waals surface area contributed by atoms with Crippen LogP contribution >= 0.6 is 15.9 Å². The molecule has 0 radical (unpaired) electrons. The Balaban J connectivity index is 2.00. The summed E-state index contributed by atoms with van der Waals surface area (Å²) in [6, 6.07) is 5.24. The Labute approximate surface area is 128 Å². The van der Waals surface area contributed by atoms with E-state index in [9.17, 15) is 4.39 Å². The minimum atomic E-state index is -0.208. The smallest absolute Gasteiger partial charge is 0.126 e. The third-order valence-electron chi connectivity index (χ3n) is 3.80. The zero-order valence-corrected chi connectivity index (χ0v) is 13.6. The molecule has 3 nitrogen and oxygen atoms in total. The summed E-state index contributed by atoms with van der Waals surface area (Å²) in [7, 11) is 0. The van der Waals surface area contributed by atoms with Crippen molar-refractivity contribution in [3.8, 4) is 0 Å². The molecule has 1 saturated heterocycles. The Morgan fingerprint density at radius 1 is 1.50 bits per heavy atom. The maximum atomic E-state index is 13.8. The second kappa shape index (κ2) is 6.98. The summed E-state index contributed by atoms with van der Waals surface area (Å²) in [6.45, 7) is 6.78. The van der Waals surface area contributed by atoms with Gasteiger partial charge in [-0.3, -0.25) is 4.90 Å². The van der Waals surface area contributed by atoms with E-state index in [0.29, 0.717) is 24.6 Å². The Hall–Kier alpha value is -0.490. The van der Waals surface area contributed by atoms with Crippen molar-refractivity contribution in [3.63, 3.8) is 0 Å². The molecule has 0 aromatic heterocycles. The largest absolute Gasteiger partial charge is 0.374 e. The second-order valence-corrected chi connectivity index (χ2v) is 6.52. The lowest BCUT2D eigenvalue weighted by Crippen LogP contribution is -2.53. The molecule has 2 N–H and O–H groups in total. The van der Waals surface area contributed by atoms with Gasteiger partial charge in [0, 0.05) is 29.6 Å². The summed E-state index contributed by atoms with van der Waals surface area (Å²) in [5.41, 5.74) is 6.86. The summed E-state index contributed by atoms with van der Waals surface area (Å²) in [5, 5.41) is 0. The lowest BCUT2D eigenvalue weighted by atomic mass is 10.00. The highest BCUT2D eigenvalue weighted by atomic mass is 79.9. The minimum Gasteiger partial charge on any atom is -0.374 e. The molecule has 0 spiro atoms. The highest BCUT2D eigenvalue weighted by molar-refractivity contribution is 9.10. The highest BCUT2D eigenvalue weighted by Gasteiger charge is 2.27. The van der Waals surface area contributed by atoms with E-state index in [0.717, 1.165) is 17.6 Å². The van der Waals surface area contributed by atoms with Crippen LogP contribution in [0.25, 0.3) is 0 Å². The Morgan fingerprint density at radius 3 is 2.95 bits per heavy atom. The standard InChI is InChI=1S/C15H22BrFN2O/c1-10(2)19-5-6-20-15(9-19)14(18)8-11-7-12(16)3-4-13(11)17/h3-4,7,10,14-15H,5-6,8-9,18H2,1-2H3. The first-order valence-corrected chi connectivity index (χ1v) is 7.82. The van der Waals surface area contributed by atoms with Crippen molar-refractivity contribution in [2.45, 2.75) is 38.5 Å². The quantitative estimate of drug-likeness (QED) is 0.912. The monoisotopic (exact) mass is 344 g/mol. The van der Waals surface area contributed by atoms with Gasteiger partial charge >= 0.3 is 0 Å². The molecular formula is C15H22BrFN2O. The molecule has 1 fully saturated rings. The Bertz CT molecular complexity index is 455. The maximum Gasteiger partial charge on any atom is 0.126 e. The molecule has 5 heteroatoms. The third-order valence-corrected chi connectivity index (χ3v) is 4.29. The molecule has 0 saturated carbocycles. The molecule has 1 aliphatic heterocycles. The number of nitrogens with zero attached hydrogens (tertiary/aromatic N) is 1. The number of nitrogens with two attached hydrogens (primary N) is 1. The molecule has 20 heavy (non-hydrogen) atoms. The van der Waals surface area contributed by atoms with Crippen molar-refractivity contribution < 1.29 is 9.13 Å². The first-order chi connectivity index (χ1) is 9.47. The van der Waals surface area contributed by atoms with Gasteiger partial charge in [0.05, 0.1) is 12.7 Å². The Morgan fingerprint density at radius 2 is 2.25 bits per heavy atom. The molecule has 2 unspecified atom stereocenters. The zero-order valence-electron chi connectivity index (χ0n) is 12.0. The molecule has 1 aromatic carbocycles. The number of rotatable bonds is 4. The molecule has 0 bridgehead atoms. The van der Waals surface area contributed by atoms with Crippen molar-refractivity contribution in [2.24, 2.45) is 5.73 Å². The predicted octanol–water partition coefficient (Wildman–Crippen LogP) is 2.57. The second-order valence-electron chi connectivity index (χ2n) is 5.60. The van der Waals surface area contributed by atoms with Crippen LogP contribution in [0.2, 0.25) is 0 Å². The van der Waals surface area contributed by atoms with Crippen molar-refractivity contribution >= 4 is 15.9 Å². The van der Waals surface area contributed by atoms with Crippen LogP contribution < -0.4 is 5.73 Å². The minimum absolute atomic E-state index is 0.0375. The molecule has 1 aliphatic rings. The lowest BCUT2D eigenvalue weighted by Gasteiger charge is -2.38. The van der Waals surface area contributed by atoms with E-state index in [-0.39, 0.29) is 18.0 Å². The van der Waals surface area contributed by atoms with Crippen LogP contribution in [0.4, 0.5) is 4.39 Å². The summed E-state index contributed by atoms with van der Waals surface area (Å²) in [4.78, 5) is 2.35. The van der Waals surface area contributed by atoms with Gasteiger partial charge < -0.3 is 10.5 Å². The predicted molar refractivity (Wildman–Crippen MR) is 82.2 cm³/mol. The molecule has 1 aromatic rings. The van der Waals surface area contributed by atoms with Gasteiger partial charge in [-0.1, -0.05) is 15.9 Å².